The second kappa shape index (κ2) is 9.83. The van der Waals surface area contributed by atoms with E-state index in [1.54, 1.807) is 43.3 Å². The maximum Gasteiger partial charge on any atom is 0.311 e. The van der Waals surface area contributed by atoms with Crippen molar-refractivity contribution in [3.8, 4) is 17.1 Å². The Morgan fingerprint density at radius 2 is 1.94 bits per heavy atom. The summed E-state index contributed by atoms with van der Waals surface area (Å²) in [7, 11) is 0. The van der Waals surface area contributed by atoms with Gasteiger partial charge >= 0.3 is 5.69 Å². The van der Waals surface area contributed by atoms with Crippen molar-refractivity contribution in [2.45, 2.75) is 13.5 Å². The number of ether oxygens (including phenoxy) is 1. The Morgan fingerprint density at radius 3 is 2.55 bits per heavy atom. The number of nitro benzene ring substituents is 1. The lowest BCUT2D eigenvalue weighted by Gasteiger charge is -2.11. The van der Waals surface area contributed by atoms with E-state index < -0.39 is 10.8 Å². The first-order chi connectivity index (χ1) is 14.9. The molecule has 160 valence electrons. The molecule has 1 heterocycles. The second-order valence-electron chi connectivity index (χ2n) is 6.28. The van der Waals surface area contributed by atoms with Crippen molar-refractivity contribution in [3.63, 3.8) is 0 Å². The number of anilines is 1. The predicted octanol–water partition coefficient (Wildman–Crippen LogP) is 3.87. The molecule has 3 rings (SSSR count). The number of carbonyl (C=O) groups is 1. The van der Waals surface area contributed by atoms with Crippen LogP contribution in [0.5, 0.6) is 5.75 Å². The lowest BCUT2D eigenvalue weighted by Crippen LogP contribution is -2.34. The zero-order valence-electron chi connectivity index (χ0n) is 16.5. The van der Waals surface area contributed by atoms with Crippen molar-refractivity contribution < 1.29 is 24.0 Å². The number of benzene rings is 2. The topological polar surface area (TPSA) is 127 Å². The van der Waals surface area contributed by atoms with Gasteiger partial charge in [0.15, 0.2) is 10.9 Å². The Balaban J connectivity index is 1.64. The number of hydrogen-bond donors (Lipinski definition) is 3. The van der Waals surface area contributed by atoms with E-state index >= 15 is 0 Å². The molecule has 0 aliphatic rings. The number of nitro groups is 1. The second-order valence-corrected chi connectivity index (χ2v) is 6.69. The van der Waals surface area contributed by atoms with Gasteiger partial charge in [0.2, 0.25) is 0 Å². The fourth-order valence-corrected chi connectivity index (χ4v) is 2.96. The average molecular weight is 441 g/mol. The molecule has 10 heteroatoms. The van der Waals surface area contributed by atoms with Crippen LogP contribution in [0.2, 0.25) is 0 Å². The van der Waals surface area contributed by atoms with Crippen LogP contribution in [0.15, 0.2) is 59.0 Å². The minimum absolute atomic E-state index is 0.0369. The van der Waals surface area contributed by atoms with Gasteiger partial charge in [0.25, 0.3) is 5.91 Å². The van der Waals surface area contributed by atoms with Gasteiger partial charge in [0.05, 0.1) is 11.5 Å². The van der Waals surface area contributed by atoms with Crippen LogP contribution in [-0.2, 0) is 6.61 Å². The minimum Gasteiger partial charge on any atom is -0.487 e. The van der Waals surface area contributed by atoms with Gasteiger partial charge in [-0.15, -0.1) is 0 Å². The van der Waals surface area contributed by atoms with E-state index in [1.165, 1.54) is 12.1 Å². The van der Waals surface area contributed by atoms with Gasteiger partial charge in [0.1, 0.15) is 18.1 Å². The van der Waals surface area contributed by atoms with Crippen LogP contribution in [0, 0.1) is 10.1 Å². The fraction of sp³-hybridized carbons (Fsp3) is 0.143. The molecule has 0 unspecified atom stereocenters. The molecule has 1 amide bonds. The largest absolute Gasteiger partial charge is 0.487 e. The standard InChI is InChI=1S/C21H19N3O6S/c1-2-29-19-9-5-14(11-17(19)24(27)28)20(26)23-21(31)22-15-6-3-13(4-7-15)18-10-8-16(12-25)30-18/h3-11,25H,2,12H2,1H3,(H2,22,23,26,31). The van der Waals surface area contributed by atoms with E-state index in [-0.39, 0.29) is 35.3 Å². The Bertz CT molecular complexity index is 1110. The van der Waals surface area contributed by atoms with Crippen LogP contribution in [0.4, 0.5) is 11.4 Å². The molecule has 3 aromatic rings. The molecular formula is C21H19N3O6S. The van der Waals surface area contributed by atoms with Gasteiger partial charge in [-0.2, -0.15) is 0 Å². The average Bonchev–Trinajstić information content (AvgIpc) is 3.24. The first kappa shape index (κ1) is 21.9. The van der Waals surface area contributed by atoms with Crippen molar-refractivity contribution >= 4 is 34.6 Å². The number of hydrogen-bond acceptors (Lipinski definition) is 7. The number of aliphatic hydroxyl groups excluding tert-OH is 1. The molecule has 0 fully saturated rings. The summed E-state index contributed by atoms with van der Waals surface area (Å²) in [5, 5.41) is 25.7. The SMILES string of the molecule is CCOc1ccc(C(=O)NC(=S)Nc2ccc(-c3ccc(CO)o3)cc2)cc1[N+](=O)[O-]. The quantitative estimate of drug-likeness (QED) is 0.286. The molecule has 0 bridgehead atoms. The molecule has 0 atom stereocenters. The van der Waals surface area contributed by atoms with Crippen LogP contribution in [0.1, 0.15) is 23.0 Å². The van der Waals surface area contributed by atoms with Gasteiger partial charge in [-0.1, -0.05) is 0 Å². The summed E-state index contributed by atoms with van der Waals surface area (Å²) in [6, 6.07) is 14.5. The molecule has 0 saturated carbocycles. The van der Waals surface area contributed by atoms with E-state index in [4.69, 9.17) is 26.5 Å². The van der Waals surface area contributed by atoms with E-state index in [1.807, 2.05) is 0 Å². The highest BCUT2D eigenvalue weighted by Gasteiger charge is 2.19. The lowest BCUT2D eigenvalue weighted by atomic mass is 10.1. The van der Waals surface area contributed by atoms with Crippen molar-refractivity contribution in [1.29, 1.82) is 0 Å². The summed E-state index contributed by atoms with van der Waals surface area (Å²) in [5.41, 5.74) is 1.21. The number of thiocarbonyl (C=S) groups is 1. The summed E-state index contributed by atoms with van der Waals surface area (Å²) in [5.74, 6) is 0.582. The first-order valence-corrected chi connectivity index (χ1v) is 9.65. The summed E-state index contributed by atoms with van der Waals surface area (Å²) in [6.07, 6.45) is 0. The summed E-state index contributed by atoms with van der Waals surface area (Å²) in [6.45, 7) is 1.80. The molecule has 2 aromatic carbocycles. The molecular weight excluding hydrogens is 422 g/mol. The normalized spacial score (nSPS) is 10.4. The monoisotopic (exact) mass is 441 g/mol. The molecule has 0 saturated heterocycles. The minimum atomic E-state index is -0.609. The smallest absolute Gasteiger partial charge is 0.311 e. The number of furan rings is 1. The summed E-state index contributed by atoms with van der Waals surface area (Å²) < 4.78 is 10.7. The molecule has 0 aliphatic carbocycles. The summed E-state index contributed by atoms with van der Waals surface area (Å²) in [4.78, 5) is 23.0. The lowest BCUT2D eigenvalue weighted by molar-refractivity contribution is -0.385. The third kappa shape index (κ3) is 5.44. The van der Waals surface area contributed by atoms with Crippen molar-refractivity contribution in [1.82, 2.24) is 5.32 Å². The third-order valence-corrected chi connectivity index (χ3v) is 4.39. The molecule has 31 heavy (non-hydrogen) atoms. The molecule has 1 aromatic heterocycles. The molecule has 3 N–H and O–H groups in total. The number of rotatable bonds is 7. The zero-order valence-corrected chi connectivity index (χ0v) is 17.3. The van der Waals surface area contributed by atoms with Gasteiger partial charge in [-0.25, -0.2) is 0 Å². The Labute approximate surface area is 182 Å². The van der Waals surface area contributed by atoms with Crippen molar-refractivity contribution in [2.75, 3.05) is 11.9 Å². The van der Waals surface area contributed by atoms with Crippen LogP contribution in [0.25, 0.3) is 11.3 Å². The van der Waals surface area contributed by atoms with Crippen LogP contribution < -0.4 is 15.4 Å². The number of nitrogens with one attached hydrogen (secondary N) is 2. The predicted molar refractivity (Wildman–Crippen MR) is 118 cm³/mol. The maximum absolute atomic E-state index is 12.4. The number of nitrogens with zero attached hydrogens (tertiary/aromatic N) is 1. The number of aliphatic hydroxyl groups is 1. The number of amides is 1. The van der Waals surface area contributed by atoms with Crippen molar-refractivity contribution in [3.05, 3.63) is 76.0 Å². The van der Waals surface area contributed by atoms with Crippen LogP contribution in [0.3, 0.4) is 0 Å². The van der Waals surface area contributed by atoms with E-state index in [2.05, 4.69) is 10.6 Å². The van der Waals surface area contributed by atoms with Gasteiger partial charge in [-0.05, 0) is 67.7 Å². The molecule has 0 aliphatic heterocycles. The van der Waals surface area contributed by atoms with E-state index in [0.717, 1.165) is 11.6 Å². The maximum atomic E-state index is 12.4. The van der Waals surface area contributed by atoms with Gasteiger partial charge in [0, 0.05) is 22.9 Å². The number of carbonyl (C=O) groups excluding carboxylic acids is 1. The highest BCUT2D eigenvalue weighted by atomic mass is 32.1. The van der Waals surface area contributed by atoms with Crippen LogP contribution in [-0.4, -0.2) is 27.7 Å². The molecule has 9 nitrogen and oxygen atoms in total. The Kier molecular flexibility index (Phi) is 6.96. The molecule has 0 spiro atoms. The Morgan fingerprint density at radius 1 is 1.19 bits per heavy atom. The van der Waals surface area contributed by atoms with E-state index in [0.29, 0.717) is 17.2 Å². The molecule has 0 radical (unpaired) electrons. The third-order valence-electron chi connectivity index (χ3n) is 4.19. The van der Waals surface area contributed by atoms with Gasteiger partial charge < -0.3 is 19.6 Å². The van der Waals surface area contributed by atoms with Crippen LogP contribution >= 0.6 is 12.2 Å². The Hall–Kier alpha value is -3.76. The summed E-state index contributed by atoms with van der Waals surface area (Å²) >= 11 is 5.16. The van der Waals surface area contributed by atoms with Gasteiger partial charge in [-0.3, -0.25) is 20.2 Å². The highest BCUT2D eigenvalue weighted by Crippen LogP contribution is 2.28. The highest BCUT2D eigenvalue weighted by molar-refractivity contribution is 7.80. The zero-order chi connectivity index (χ0) is 22.4. The fourth-order valence-electron chi connectivity index (χ4n) is 2.75. The van der Waals surface area contributed by atoms with E-state index in [9.17, 15) is 14.9 Å². The van der Waals surface area contributed by atoms with Crippen molar-refractivity contribution in [2.24, 2.45) is 0 Å². The first-order valence-electron chi connectivity index (χ1n) is 9.25.